The summed E-state index contributed by atoms with van der Waals surface area (Å²) in [6, 6.07) is 18.8. The molecule has 0 bridgehead atoms. The molecule has 138 valence electrons. The lowest BCUT2D eigenvalue weighted by Gasteiger charge is -1.99. The minimum atomic E-state index is -0.173. The molecule has 0 aliphatic rings. The number of H-pyrrole nitrogens is 2. The third kappa shape index (κ3) is 3.81. The molecule has 4 rings (SSSR count). The van der Waals surface area contributed by atoms with Crippen LogP contribution >= 0.6 is 0 Å². The molecule has 0 saturated heterocycles. The minimum absolute atomic E-state index is 0.173. The highest BCUT2D eigenvalue weighted by Crippen LogP contribution is 2.10. The van der Waals surface area contributed by atoms with Crippen LogP contribution in [0.25, 0.3) is 21.8 Å². The van der Waals surface area contributed by atoms with Crippen molar-refractivity contribution < 1.29 is 0 Å². The lowest BCUT2D eigenvalue weighted by atomic mass is 10.2. The van der Waals surface area contributed by atoms with Crippen molar-refractivity contribution in [1.82, 2.24) is 9.97 Å². The molecule has 0 aliphatic carbocycles. The van der Waals surface area contributed by atoms with Crippen LogP contribution in [-0.4, -0.2) is 35.5 Å². The van der Waals surface area contributed by atoms with Gasteiger partial charge in [-0.3, -0.25) is 19.6 Å². The van der Waals surface area contributed by atoms with Gasteiger partial charge in [-0.15, -0.1) is 0 Å². The van der Waals surface area contributed by atoms with Gasteiger partial charge in [0.25, 0.3) is 11.1 Å². The summed E-state index contributed by atoms with van der Waals surface area (Å²) in [4.78, 5) is 38.3. The fourth-order valence-corrected chi connectivity index (χ4v) is 2.96. The van der Waals surface area contributed by atoms with E-state index in [1.54, 1.807) is 12.4 Å². The van der Waals surface area contributed by atoms with Crippen molar-refractivity contribution in [1.29, 1.82) is 0 Å². The predicted octanol–water partition coefficient (Wildman–Crippen LogP) is 2.91. The number of hydrogen-bond donors (Lipinski definition) is 2. The normalized spacial score (nSPS) is 11.9. The van der Waals surface area contributed by atoms with E-state index in [0.29, 0.717) is 24.2 Å². The molecule has 0 radical (unpaired) electrons. The van der Waals surface area contributed by atoms with Crippen LogP contribution < -0.4 is 11.1 Å². The molecule has 2 aromatic carbocycles. The van der Waals surface area contributed by atoms with E-state index in [1.165, 1.54) is 0 Å². The first-order valence-electron chi connectivity index (χ1n) is 8.94. The third-order valence-electron chi connectivity index (χ3n) is 4.38. The van der Waals surface area contributed by atoms with Gasteiger partial charge in [-0.25, -0.2) is 0 Å². The standard InChI is InChI=1S/C22H18N4O2/c27-21-17(11-15-5-1-3-7-19(15)25-21)13-23-9-10-24-14-18-12-16-6-2-4-8-20(16)26-22(18)28/h1-8,11-14H,9-10H2,(H,25,27)(H,26,28). The molecule has 0 atom stereocenters. The number of benzene rings is 2. The number of rotatable bonds is 5. The zero-order chi connectivity index (χ0) is 19.3. The molecule has 6 heteroatoms. The first kappa shape index (κ1) is 17.6. The van der Waals surface area contributed by atoms with Gasteiger partial charge in [0.1, 0.15) is 0 Å². The van der Waals surface area contributed by atoms with Crippen LogP contribution in [0.1, 0.15) is 11.1 Å². The summed E-state index contributed by atoms with van der Waals surface area (Å²) in [6.45, 7) is 0.850. The molecule has 0 saturated carbocycles. The quantitative estimate of drug-likeness (QED) is 0.418. The van der Waals surface area contributed by atoms with E-state index in [9.17, 15) is 9.59 Å². The molecule has 2 N–H and O–H groups in total. The van der Waals surface area contributed by atoms with Gasteiger partial charge < -0.3 is 9.97 Å². The Hall–Kier alpha value is -3.80. The Morgan fingerprint density at radius 1 is 0.679 bits per heavy atom. The molecule has 2 aromatic heterocycles. The Bertz CT molecular complexity index is 1210. The second-order valence-corrected chi connectivity index (χ2v) is 6.35. The van der Waals surface area contributed by atoms with Gasteiger partial charge in [-0.1, -0.05) is 36.4 Å². The van der Waals surface area contributed by atoms with Gasteiger partial charge in [0.2, 0.25) is 0 Å². The van der Waals surface area contributed by atoms with Crippen LogP contribution in [0.15, 0.2) is 80.2 Å². The number of fused-ring (bicyclic) bond motifs is 2. The zero-order valence-electron chi connectivity index (χ0n) is 15.1. The van der Waals surface area contributed by atoms with Crippen molar-refractivity contribution in [2.24, 2.45) is 9.98 Å². The van der Waals surface area contributed by atoms with E-state index in [0.717, 1.165) is 21.8 Å². The Labute approximate surface area is 160 Å². The molecule has 2 heterocycles. The Kier molecular flexibility index (Phi) is 4.93. The maximum Gasteiger partial charge on any atom is 0.257 e. The number of nitrogens with one attached hydrogen (secondary N) is 2. The van der Waals surface area contributed by atoms with Crippen molar-refractivity contribution in [2.75, 3.05) is 13.1 Å². The highest BCUT2D eigenvalue weighted by atomic mass is 16.1. The third-order valence-corrected chi connectivity index (χ3v) is 4.38. The molecule has 28 heavy (non-hydrogen) atoms. The second kappa shape index (κ2) is 7.84. The predicted molar refractivity (Wildman–Crippen MR) is 114 cm³/mol. The van der Waals surface area contributed by atoms with Crippen LogP contribution in [0, 0.1) is 0 Å². The van der Waals surface area contributed by atoms with Gasteiger partial charge >= 0.3 is 0 Å². The molecular formula is C22H18N4O2. The van der Waals surface area contributed by atoms with Crippen molar-refractivity contribution in [2.45, 2.75) is 0 Å². The van der Waals surface area contributed by atoms with Gasteiger partial charge in [0.05, 0.1) is 24.2 Å². The van der Waals surface area contributed by atoms with E-state index >= 15 is 0 Å². The number of aromatic amines is 2. The fourth-order valence-electron chi connectivity index (χ4n) is 2.96. The van der Waals surface area contributed by atoms with Crippen LogP contribution in [0.5, 0.6) is 0 Å². The molecule has 0 amide bonds. The Balaban J connectivity index is 1.42. The van der Waals surface area contributed by atoms with Crippen LogP contribution in [0.4, 0.5) is 0 Å². The van der Waals surface area contributed by atoms with Gasteiger partial charge in [-0.2, -0.15) is 0 Å². The minimum Gasteiger partial charge on any atom is -0.321 e. The summed E-state index contributed by atoms with van der Waals surface area (Å²) < 4.78 is 0. The summed E-state index contributed by atoms with van der Waals surface area (Å²) >= 11 is 0. The van der Waals surface area contributed by atoms with Crippen molar-refractivity contribution in [3.8, 4) is 0 Å². The number of aliphatic imine (C=N–C) groups is 2. The summed E-state index contributed by atoms with van der Waals surface area (Å²) in [5.41, 5.74) is 2.27. The first-order chi connectivity index (χ1) is 13.7. The maximum atomic E-state index is 12.1. The van der Waals surface area contributed by atoms with E-state index in [2.05, 4.69) is 20.0 Å². The summed E-state index contributed by atoms with van der Waals surface area (Å²) in [5, 5.41) is 1.91. The molecular weight excluding hydrogens is 352 g/mol. The SMILES string of the molecule is O=c1[nH]c2ccccc2cc1C=NCCN=Cc1cc2ccccc2[nH]c1=O. The zero-order valence-corrected chi connectivity index (χ0v) is 15.1. The van der Waals surface area contributed by atoms with Crippen molar-refractivity contribution >= 4 is 34.2 Å². The van der Waals surface area contributed by atoms with E-state index in [1.807, 2.05) is 60.7 Å². The monoisotopic (exact) mass is 370 g/mol. The van der Waals surface area contributed by atoms with Gasteiger partial charge in [-0.05, 0) is 35.0 Å². The summed E-state index contributed by atoms with van der Waals surface area (Å²) in [6.07, 6.45) is 3.12. The molecule has 0 aliphatic heterocycles. The van der Waals surface area contributed by atoms with E-state index in [4.69, 9.17) is 0 Å². The Morgan fingerprint density at radius 2 is 1.11 bits per heavy atom. The van der Waals surface area contributed by atoms with Gasteiger partial charge in [0, 0.05) is 23.5 Å². The summed E-state index contributed by atoms with van der Waals surface area (Å²) in [5.74, 6) is 0. The number of para-hydroxylation sites is 2. The smallest absolute Gasteiger partial charge is 0.257 e. The van der Waals surface area contributed by atoms with Crippen LogP contribution in [-0.2, 0) is 0 Å². The molecule has 0 unspecified atom stereocenters. The maximum absolute atomic E-state index is 12.1. The molecule has 6 nitrogen and oxygen atoms in total. The van der Waals surface area contributed by atoms with Gasteiger partial charge in [0.15, 0.2) is 0 Å². The first-order valence-corrected chi connectivity index (χ1v) is 8.94. The van der Waals surface area contributed by atoms with Crippen LogP contribution in [0.3, 0.4) is 0 Å². The Morgan fingerprint density at radius 3 is 1.57 bits per heavy atom. The molecule has 4 aromatic rings. The number of aromatic nitrogens is 2. The largest absolute Gasteiger partial charge is 0.321 e. The second-order valence-electron chi connectivity index (χ2n) is 6.35. The number of hydrogen-bond acceptors (Lipinski definition) is 4. The highest BCUT2D eigenvalue weighted by Gasteiger charge is 2.00. The van der Waals surface area contributed by atoms with E-state index < -0.39 is 0 Å². The van der Waals surface area contributed by atoms with Crippen molar-refractivity contribution in [3.05, 3.63) is 92.5 Å². The average molecular weight is 370 g/mol. The van der Waals surface area contributed by atoms with Crippen LogP contribution in [0.2, 0.25) is 0 Å². The number of nitrogens with zero attached hydrogens (tertiary/aromatic N) is 2. The topological polar surface area (TPSA) is 90.4 Å². The number of pyridine rings is 2. The lowest BCUT2D eigenvalue weighted by Crippen LogP contribution is -2.12. The van der Waals surface area contributed by atoms with E-state index in [-0.39, 0.29) is 11.1 Å². The highest BCUT2D eigenvalue weighted by molar-refractivity contribution is 5.88. The average Bonchev–Trinajstić information content (AvgIpc) is 2.71. The fraction of sp³-hybridized carbons (Fsp3) is 0.0909. The summed E-state index contributed by atoms with van der Waals surface area (Å²) in [7, 11) is 0. The lowest BCUT2D eigenvalue weighted by molar-refractivity contribution is 0.984. The van der Waals surface area contributed by atoms with Crippen molar-refractivity contribution in [3.63, 3.8) is 0 Å². The molecule has 0 spiro atoms. The molecule has 0 fully saturated rings.